The van der Waals surface area contributed by atoms with E-state index in [2.05, 4.69) is 21.2 Å². The van der Waals surface area contributed by atoms with Crippen LogP contribution >= 0.6 is 27.5 Å². The molecule has 0 bridgehead atoms. The van der Waals surface area contributed by atoms with E-state index in [1.165, 1.54) is 0 Å². The smallest absolute Gasteiger partial charge is 0.261 e. The van der Waals surface area contributed by atoms with Crippen LogP contribution in [0.3, 0.4) is 0 Å². The highest BCUT2D eigenvalue weighted by atomic mass is 79.9. The number of rotatable bonds is 5. The zero-order chi connectivity index (χ0) is 13.9. The molecule has 1 aliphatic carbocycles. The summed E-state index contributed by atoms with van der Waals surface area (Å²) in [7, 11) is 0. The van der Waals surface area contributed by atoms with Gasteiger partial charge in [-0.05, 0) is 44.4 Å². The summed E-state index contributed by atoms with van der Waals surface area (Å²) >= 11 is 9.35. The molecule has 1 amide bonds. The highest BCUT2D eigenvalue weighted by Crippen LogP contribution is 2.33. The van der Waals surface area contributed by atoms with Crippen LogP contribution in [0, 0.1) is 0 Å². The van der Waals surface area contributed by atoms with Gasteiger partial charge in [0, 0.05) is 15.9 Å². The van der Waals surface area contributed by atoms with Crippen LogP contribution < -0.4 is 10.1 Å². The molecule has 0 aliphatic heterocycles. The van der Waals surface area contributed by atoms with Crippen molar-refractivity contribution in [1.82, 2.24) is 5.32 Å². The summed E-state index contributed by atoms with van der Waals surface area (Å²) in [5.41, 5.74) is -0.0803. The molecule has 1 unspecified atom stereocenters. The molecule has 0 heterocycles. The SMILES string of the molecule is CC(Oc1cccc(Cl)c1)C(=O)NC1(CBr)CCC1. The van der Waals surface area contributed by atoms with E-state index in [9.17, 15) is 4.79 Å². The molecule has 2 rings (SSSR count). The third-order valence-corrected chi connectivity index (χ3v) is 4.74. The third kappa shape index (κ3) is 3.63. The fraction of sp³-hybridized carbons (Fsp3) is 0.500. The number of amides is 1. The first-order chi connectivity index (χ1) is 9.04. The minimum atomic E-state index is -0.532. The van der Waals surface area contributed by atoms with E-state index in [0.29, 0.717) is 10.8 Å². The zero-order valence-electron chi connectivity index (χ0n) is 10.8. The Morgan fingerprint density at radius 3 is 2.84 bits per heavy atom. The Bertz CT molecular complexity index is 457. The zero-order valence-corrected chi connectivity index (χ0v) is 13.1. The standard InChI is InChI=1S/C14H17BrClNO2/c1-10(19-12-5-2-4-11(16)8-12)13(18)17-14(9-15)6-3-7-14/h2,4-5,8,10H,3,6-7,9H2,1H3,(H,17,18). The van der Waals surface area contributed by atoms with E-state index in [1.807, 2.05) is 0 Å². The van der Waals surface area contributed by atoms with Crippen molar-refractivity contribution in [2.75, 3.05) is 5.33 Å². The van der Waals surface area contributed by atoms with Crippen LogP contribution in [0.2, 0.25) is 5.02 Å². The Morgan fingerprint density at radius 2 is 2.32 bits per heavy atom. The quantitative estimate of drug-likeness (QED) is 0.828. The van der Waals surface area contributed by atoms with Crippen molar-refractivity contribution < 1.29 is 9.53 Å². The lowest BCUT2D eigenvalue weighted by molar-refractivity contribution is -0.130. The van der Waals surface area contributed by atoms with Crippen LogP contribution in [0.1, 0.15) is 26.2 Å². The number of hydrogen-bond donors (Lipinski definition) is 1. The maximum atomic E-state index is 12.1. The predicted octanol–water partition coefficient (Wildman–Crippen LogP) is 3.54. The van der Waals surface area contributed by atoms with Crippen molar-refractivity contribution in [3.05, 3.63) is 29.3 Å². The van der Waals surface area contributed by atoms with Crippen LogP contribution in [0.4, 0.5) is 0 Å². The van der Waals surface area contributed by atoms with Crippen LogP contribution in [-0.4, -0.2) is 22.9 Å². The van der Waals surface area contributed by atoms with Crippen molar-refractivity contribution in [1.29, 1.82) is 0 Å². The van der Waals surface area contributed by atoms with Crippen molar-refractivity contribution in [3.63, 3.8) is 0 Å². The molecule has 0 aromatic heterocycles. The number of carbonyl (C=O) groups excluding carboxylic acids is 1. The van der Waals surface area contributed by atoms with Crippen LogP contribution in [0.15, 0.2) is 24.3 Å². The second-order valence-electron chi connectivity index (χ2n) is 4.97. The average Bonchev–Trinajstić information content (AvgIpc) is 2.33. The normalized spacial score (nSPS) is 18.3. The summed E-state index contributed by atoms with van der Waals surface area (Å²) in [5.74, 6) is 0.524. The van der Waals surface area contributed by atoms with E-state index in [0.717, 1.165) is 24.6 Å². The monoisotopic (exact) mass is 345 g/mol. The fourth-order valence-electron chi connectivity index (χ4n) is 2.06. The second-order valence-corrected chi connectivity index (χ2v) is 5.97. The highest BCUT2D eigenvalue weighted by molar-refractivity contribution is 9.09. The van der Waals surface area contributed by atoms with Crippen molar-refractivity contribution >= 4 is 33.4 Å². The van der Waals surface area contributed by atoms with Crippen LogP contribution in [0.5, 0.6) is 5.75 Å². The van der Waals surface area contributed by atoms with Gasteiger partial charge >= 0.3 is 0 Å². The van der Waals surface area contributed by atoms with Crippen LogP contribution in [0.25, 0.3) is 0 Å². The molecule has 5 heteroatoms. The first-order valence-electron chi connectivity index (χ1n) is 6.35. The Morgan fingerprint density at radius 1 is 1.58 bits per heavy atom. The molecule has 0 radical (unpaired) electrons. The van der Waals surface area contributed by atoms with E-state index in [1.54, 1.807) is 31.2 Å². The first-order valence-corrected chi connectivity index (χ1v) is 7.85. The van der Waals surface area contributed by atoms with Crippen LogP contribution in [-0.2, 0) is 4.79 Å². The topological polar surface area (TPSA) is 38.3 Å². The molecule has 1 fully saturated rings. The van der Waals surface area contributed by atoms with Gasteiger partial charge < -0.3 is 10.1 Å². The first kappa shape index (κ1) is 14.7. The number of ether oxygens (including phenoxy) is 1. The molecule has 19 heavy (non-hydrogen) atoms. The molecular formula is C14H17BrClNO2. The van der Waals surface area contributed by atoms with Gasteiger partial charge in [0.2, 0.25) is 0 Å². The molecule has 1 atom stereocenters. The summed E-state index contributed by atoms with van der Waals surface area (Å²) in [6, 6.07) is 7.07. The fourth-order valence-corrected chi connectivity index (χ4v) is 2.94. The second kappa shape index (κ2) is 6.14. The molecule has 1 aliphatic rings. The predicted molar refractivity (Wildman–Crippen MR) is 80.1 cm³/mol. The Balaban J connectivity index is 1.92. The minimum Gasteiger partial charge on any atom is -0.481 e. The van der Waals surface area contributed by atoms with Gasteiger partial charge in [0.05, 0.1) is 0 Å². The summed E-state index contributed by atoms with van der Waals surface area (Å²) in [6.45, 7) is 1.75. The molecule has 3 nitrogen and oxygen atoms in total. The summed E-state index contributed by atoms with van der Waals surface area (Å²) in [6.07, 6.45) is 2.67. The van der Waals surface area contributed by atoms with Gasteiger partial charge in [-0.15, -0.1) is 0 Å². The molecule has 1 aromatic rings. The van der Waals surface area contributed by atoms with E-state index in [-0.39, 0.29) is 11.4 Å². The van der Waals surface area contributed by atoms with Gasteiger partial charge in [-0.2, -0.15) is 0 Å². The molecular weight excluding hydrogens is 330 g/mol. The summed E-state index contributed by atoms with van der Waals surface area (Å²) in [4.78, 5) is 12.1. The molecule has 1 saturated carbocycles. The van der Waals surface area contributed by atoms with Gasteiger partial charge in [0.1, 0.15) is 5.75 Å². The molecule has 0 spiro atoms. The summed E-state index contributed by atoms with van der Waals surface area (Å²) in [5, 5.41) is 4.46. The number of hydrogen-bond acceptors (Lipinski definition) is 2. The number of nitrogens with one attached hydrogen (secondary N) is 1. The number of halogens is 2. The van der Waals surface area contributed by atoms with E-state index >= 15 is 0 Å². The van der Waals surface area contributed by atoms with E-state index in [4.69, 9.17) is 16.3 Å². The lowest BCUT2D eigenvalue weighted by Crippen LogP contribution is -2.57. The summed E-state index contributed by atoms with van der Waals surface area (Å²) < 4.78 is 5.60. The van der Waals surface area contributed by atoms with Gasteiger partial charge in [0.25, 0.3) is 5.91 Å². The number of benzene rings is 1. The van der Waals surface area contributed by atoms with Gasteiger partial charge in [-0.3, -0.25) is 4.79 Å². The lowest BCUT2D eigenvalue weighted by Gasteiger charge is -2.41. The van der Waals surface area contributed by atoms with Crippen molar-refractivity contribution in [2.45, 2.75) is 37.8 Å². The molecule has 1 N–H and O–H groups in total. The lowest BCUT2D eigenvalue weighted by atomic mass is 9.78. The van der Waals surface area contributed by atoms with E-state index < -0.39 is 6.10 Å². The van der Waals surface area contributed by atoms with Crippen molar-refractivity contribution in [3.8, 4) is 5.75 Å². The van der Waals surface area contributed by atoms with Gasteiger partial charge in [-0.1, -0.05) is 33.6 Å². The third-order valence-electron chi connectivity index (χ3n) is 3.43. The van der Waals surface area contributed by atoms with Gasteiger partial charge in [0.15, 0.2) is 6.10 Å². The number of carbonyl (C=O) groups is 1. The molecule has 104 valence electrons. The average molecular weight is 347 g/mol. The molecule has 1 aromatic carbocycles. The maximum absolute atomic E-state index is 12.1. The molecule has 0 saturated heterocycles. The Labute approximate surface area is 126 Å². The Hall–Kier alpha value is -0.740. The minimum absolute atomic E-state index is 0.0803. The van der Waals surface area contributed by atoms with Gasteiger partial charge in [-0.25, -0.2) is 0 Å². The maximum Gasteiger partial charge on any atom is 0.261 e. The van der Waals surface area contributed by atoms with Crippen molar-refractivity contribution in [2.24, 2.45) is 0 Å². The Kier molecular flexibility index (Phi) is 4.74. The highest BCUT2D eigenvalue weighted by Gasteiger charge is 2.38. The number of alkyl halides is 1. The largest absolute Gasteiger partial charge is 0.481 e.